The number of nitrogens with zero attached hydrogens (tertiary/aromatic N) is 1. The molecule has 1 rings (SSSR count). The van der Waals surface area contributed by atoms with E-state index in [0.717, 1.165) is 19.3 Å². The van der Waals surface area contributed by atoms with E-state index in [1.54, 1.807) is 12.0 Å². The second-order valence-corrected chi connectivity index (χ2v) is 4.02. The normalized spacial score (nSPS) is 26.5. The highest BCUT2D eigenvalue weighted by Gasteiger charge is 2.29. The van der Waals surface area contributed by atoms with Gasteiger partial charge in [-0.3, -0.25) is 4.79 Å². The van der Waals surface area contributed by atoms with Gasteiger partial charge in [-0.05, 0) is 19.3 Å². The number of hydrogen-bond acceptors (Lipinski definition) is 3. The average molecular weight is 200 g/mol. The molecule has 0 saturated heterocycles. The van der Waals surface area contributed by atoms with E-state index >= 15 is 0 Å². The molecule has 1 saturated carbocycles. The monoisotopic (exact) mass is 200 g/mol. The van der Waals surface area contributed by atoms with Gasteiger partial charge in [-0.1, -0.05) is 0 Å². The lowest BCUT2D eigenvalue weighted by Crippen LogP contribution is -2.34. The average Bonchev–Trinajstić information content (AvgIpc) is 2.60. The van der Waals surface area contributed by atoms with Gasteiger partial charge in [0.1, 0.15) is 0 Å². The highest BCUT2D eigenvalue weighted by molar-refractivity contribution is 5.78. The Morgan fingerprint density at radius 3 is 2.79 bits per heavy atom. The summed E-state index contributed by atoms with van der Waals surface area (Å²) in [6.45, 7) is 1.27. The standard InChI is InChI=1S/C10H20N2O2/c1-12(5-6-14-2)10(13)8-3-4-9(11)7-8/h8-9H,3-7,11H2,1-2H3. The molecule has 1 aliphatic carbocycles. The lowest BCUT2D eigenvalue weighted by atomic mass is 10.1. The highest BCUT2D eigenvalue weighted by atomic mass is 16.5. The van der Waals surface area contributed by atoms with Crippen molar-refractivity contribution >= 4 is 5.91 Å². The van der Waals surface area contributed by atoms with Crippen LogP contribution in [0.15, 0.2) is 0 Å². The fourth-order valence-corrected chi connectivity index (χ4v) is 1.89. The molecule has 0 aromatic heterocycles. The molecule has 0 spiro atoms. The molecule has 82 valence electrons. The van der Waals surface area contributed by atoms with Gasteiger partial charge < -0.3 is 15.4 Å². The van der Waals surface area contributed by atoms with Gasteiger partial charge in [-0.25, -0.2) is 0 Å². The minimum Gasteiger partial charge on any atom is -0.383 e. The minimum atomic E-state index is 0.145. The summed E-state index contributed by atoms with van der Waals surface area (Å²) in [5, 5.41) is 0. The van der Waals surface area contributed by atoms with E-state index in [9.17, 15) is 4.79 Å². The Kier molecular flexibility index (Phi) is 4.35. The van der Waals surface area contributed by atoms with Gasteiger partial charge >= 0.3 is 0 Å². The predicted molar refractivity (Wildman–Crippen MR) is 54.8 cm³/mol. The first-order chi connectivity index (χ1) is 6.65. The van der Waals surface area contributed by atoms with E-state index < -0.39 is 0 Å². The maximum atomic E-state index is 11.8. The van der Waals surface area contributed by atoms with E-state index in [0.29, 0.717) is 13.2 Å². The molecule has 2 atom stereocenters. The summed E-state index contributed by atoms with van der Waals surface area (Å²) in [6.07, 6.45) is 2.77. The SMILES string of the molecule is COCCN(C)C(=O)C1CCC(N)C1. The van der Waals surface area contributed by atoms with Crippen molar-refractivity contribution in [3.05, 3.63) is 0 Å². The predicted octanol–water partition coefficient (Wildman–Crippen LogP) is 0.219. The van der Waals surface area contributed by atoms with Gasteiger partial charge in [0.25, 0.3) is 0 Å². The van der Waals surface area contributed by atoms with E-state index in [2.05, 4.69) is 0 Å². The lowest BCUT2D eigenvalue weighted by molar-refractivity contribution is -0.134. The smallest absolute Gasteiger partial charge is 0.225 e. The van der Waals surface area contributed by atoms with Crippen LogP contribution in [0.1, 0.15) is 19.3 Å². The van der Waals surface area contributed by atoms with Crippen LogP contribution in [0.5, 0.6) is 0 Å². The van der Waals surface area contributed by atoms with E-state index in [-0.39, 0.29) is 17.9 Å². The topological polar surface area (TPSA) is 55.6 Å². The van der Waals surface area contributed by atoms with Crippen LogP contribution in [0, 0.1) is 5.92 Å². The molecule has 2 unspecified atom stereocenters. The highest BCUT2D eigenvalue weighted by Crippen LogP contribution is 2.25. The number of carbonyl (C=O) groups excluding carboxylic acids is 1. The molecule has 0 bridgehead atoms. The summed E-state index contributed by atoms with van der Waals surface area (Å²) in [5.74, 6) is 0.363. The Morgan fingerprint density at radius 1 is 1.57 bits per heavy atom. The third-order valence-electron chi connectivity index (χ3n) is 2.83. The number of amides is 1. The fourth-order valence-electron chi connectivity index (χ4n) is 1.89. The molecule has 14 heavy (non-hydrogen) atoms. The molecule has 1 aliphatic rings. The summed E-state index contributed by atoms with van der Waals surface area (Å²) in [4.78, 5) is 13.6. The molecular formula is C10H20N2O2. The van der Waals surface area contributed by atoms with Crippen molar-refractivity contribution in [3.63, 3.8) is 0 Å². The van der Waals surface area contributed by atoms with E-state index in [1.165, 1.54) is 0 Å². The Hall–Kier alpha value is -0.610. The van der Waals surface area contributed by atoms with Crippen molar-refractivity contribution in [3.8, 4) is 0 Å². The van der Waals surface area contributed by atoms with Crippen molar-refractivity contribution in [1.82, 2.24) is 4.90 Å². The zero-order valence-electron chi connectivity index (χ0n) is 9.03. The molecule has 0 aliphatic heterocycles. The number of rotatable bonds is 4. The Labute approximate surface area is 85.4 Å². The van der Waals surface area contributed by atoms with Crippen LogP contribution < -0.4 is 5.73 Å². The first kappa shape index (κ1) is 11.5. The molecular weight excluding hydrogens is 180 g/mol. The van der Waals surface area contributed by atoms with Gasteiger partial charge in [-0.2, -0.15) is 0 Å². The van der Waals surface area contributed by atoms with Crippen molar-refractivity contribution in [2.75, 3.05) is 27.3 Å². The summed E-state index contributed by atoms with van der Waals surface area (Å²) in [6, 6.07) is 0.222. The number of ether oxygens (including phenoxy) is 1. The summed E-state index contributed by atoms with van der Waals surface area (Å²) in [7, 11) is 3.47. The van der Waals surface area contributed by atoms with Gasteiger partial charge in [0, 0.05) is 32.7 Å². The quantitative estimate of drug-likeness (QED) is 0.706. The van der Waals surface area contributed by atoms with Crippen molar-refractivity contribution in [2.24, 2.45) is 11.7 Å². The Morgan fingerprint density at radius 2 is 2.29 bits per heavy atom. The molecule has 1 amide bonds. The number of methoxy groups -OCH3 is 1. The maximum absolute atomic E-state index is 11.8. The van der Waals surface area contributed by atoms with Crippen molar-refractivity contribution in [1.29, 1.82) is 0 Å². The lowest BCUT2D eigenvalue weighted by Gasteiger charge is -2.20. The molecule has 0 aromatic carbocycles. The fraction of sp³-hybridized carbons (Fsp3) is 0.900. The molecule has 0 radical (unpaired) electrons. The first-order valence-electron chi connectivity index (χ1n) is 5.14. The van der Waals surface area contributed by atoms with Gasteiger partial charge in [0.2, 0.25) is 5.91 Å². The second kappa shape index (κ2) is 5.32. The molecule has 4 nitrogen and oxygen atoms in total. The third kappa shape index (κ3) is 2.96. The summed E-state index contributed by atoms with van der Waals surface area (Å²) >= 11 is 0. The Bertz CT molecular complexity index is 197. The second-order valence-electron chi connectivity index (χ2n) is 4.02. The third-order valence-corrected chi connectivity index (χ3v) is 2.83. The number of likely N-dealkylation sites (N-methyl/N-ethyl adjacent to an activating group) is 1. The van der Waals surface area contributed by atoms with Crippen LogP contribution >= 0.6 is 0 Å². The van der Waals surface area contributed by atoms with Crippen LogP contribution in [-0.2, 0) is 9.53 Å². The van der Waals surface area contributed by atoms with Crippen molar-refractivity contribution in [2.45, 2.75) is 25.3 Å². The zero-order chi connectivity index (χ0) is 10.6. The van der Waals surface area contributed by atoms with Crippen LogP contribution in [-0.4, -0.2) is 44.2 Å². The van der Waals surface area contributed by atoms with Gasteiger partial charge in [-0.15, -0.1) is 0 Å². The number of nitrogens with two attached hydrogens (primary N) is 1. The molecule has 0 aromatic rings. The van der Waals surface area contributed by atoms with E-state index in [1.807, 2.05) is 7.05 Å². The number of hydrogen-bond donors (Lipinski definition) is 1. The molecule has 2 N–H and O–H groups in total. The Balaban J connectivity index is 2.32. The van der Waals surface area contributed by atoms with Crippen LogP contribution in [0.2, 0.25) is 0 Å². The van der Waals surface area contributed by atoms with Crippen LogP contribution in [0.3, 0.4) is 0 Å². The zero-order valence-corrected chi connectivity index (χ0v) is 9.03. The molecule has 1 fully saturated rings. The largest absolute Gasteiger partial charge is 0.383 e. The van der Waals surface area contributed by atoms with Crippen LogP contribution in [0.4, 0.5) is 0 Å². The van der Waals surface area contributed by atoms with Gasteiger partial charge in [0.15, 0.2) is 0 Å². The summed E-state index contributed by atoms with van der Waals surface area (Å²) < 4.78 is 4.93. The first-order valence-corrected chi connectivity index (χ1v) is 5.14. The summed E-state index contributed by atoms with van der Waals surface area (Å²) in [5.41, 5.74) is 5.77. The molecule has 0 heterocycles. The van der Waals surface area contributed by atoms with E-state index in [4.69, 9.17) is 10.5 Å². The molecule has 4 heteroatoms. The minimum absolute atomic E-state index is 0.145. The maximum Gasteiger partial charge on any atom is 0.225 e. The van der Waals surface area contributed by atoms with Crippen molar-refractivity contribution < 1.29 is 9.53 Å². The number of carbonyl (C=O) groups is 1. The van der Waals surface area contributed by atoms with Crippen LogP contribution in [0.25, 0.3) is 0 Å². The van der Waals surface area contributed by atoms with Gasteiger partial charge in [0.05, 0.1) is 6.61 Å².